The average Bonchev–Trinajstić information content (AvgIpc) is 3.51. The molecule has 0 amide bonds. The summed E-state index contributed by atoms with van der Waals surface area (Å²) in [5, 5.41) is 0. The molecule has 226 valence electrons. The van der Waals surface area contributed by atoms with E-state index in [1.807, 2.05) is 0 Å². The first-order valence-corrected chi connectivity index (χ1v) is 15.9. The maximum Gasteiger partial charge on any atom is -0.0411 e. The zero-order chi connectivity index (χ0) is 26.7. The first kappa shape index (κ1) is 45.9. The van der Waals surface area contributed by atoms with Gasteiger partial charge in [-0.1, -0.05) is 213 Å². The molecule has 0 heterocycles. The van der Waals surface area contributed by atoms with E-state index in [2.05, 4.69) is 76.2 Å². The summed E-state index contributed by atoms with van der Waals surface area (Å²) in [5.74, 6) is 2.93. The highest BCUT2D eigenvalue weighted by Gasteiger charge is 2.07. The summed E-state index contributed by atoms with van der Waals surface area (Å²) in [5.41, 5.74) is 0.500. The van der Waals surface area contributed by atoms with Crippen molar-refractivity contribution in [3.05, 3.63) is 0 Å². The summed E-state index contributed by atoms with van der Waals surface area (Å²) < 4.78 is 0. The predicted octanol–water partition coefficient (Wildman–Crippen LogP) is 14.7. The smallest absolute Gasteiger partial charge is 0.0411 e. The van der Waals surface area contributed by atoms with Crippen molar-refractivity contribution < 1.29 is 0 Å². The van der Waals surface area contributed by atoms with Crippen LogP contribution in [-0.4, -0.2) is 0 Å². The van der Waals surface area contributed by atoms with Gasteiger partial charge in [0.15, 0.2) is 0 Å². The normalized spacial score (nSPS) is 18.3. The van der Waals surface area contributed by atoms with Crippen LogP contribution >= 0.6 is 0 Å². The third kappa shape index (κ3) is 64.3. The number of hydrogen-bond donors (Lipinski definition) is 0. The number of hydrogen-bond acceptors (Lipinski definition) is 0. The molecule has 0 aromatic carbocycles. The van der Waals surface area contributed by atoms with E-state index in [0.29, 0.717) is 5.41 Å². The van der Waals surface area contributed by atoms with Crippen LogP contribution in [-0.2, 0) is 0 Å². The lowest BCUT2D eigenvalue weighted by atomic mass is 10.0. The van der Waals surface area contributed by atoms with Crippen LogP contribution in [0, 0.1) is 23.2 Å². The average molecular weight is 515 g/mol. The van der Waals surface area contributed by atoms with E-state index >= 15 is 0 Å². The topological polar surface area (TPSA) is 0 Å². The van der Waals surface area contributed by atoms with Gasteiger partial charge in [0.2, 0.25) is 0 Å². The molecular weight excluding hydrogens is 432 g/mol. The molecule has 4 aliphatic rings. The lowest BCUT2D eigenvalue weighted by Gasteiger charge is -2.05. The zero-order valence-electron chi connectivity index (χ0n) is 26.7. The lowest BCUT2D eigenvalue weighted by Crippen LogP contribution is -1.93. The summed E-state index contributed by atoms with van der Waals surface area (Å²) >= 11 is 0. The minimum absolute atomic E-state index is 0. The second-order valence-electron chi connectivity index (χ2n) is 13.8. The monoisotopic (exact) mass is 515 g/mol. The van der Waals surface area contributed by atoms with Gasteiger partial charge in [-0.2, -0.15) is 0 Å². The Bertz CT molecular complexity index is 266. The Hall–Kier alpha value is 0. The summed E-state index contributed by atoms with van der Waals surface area (Å²) in [7, 11) is 0. The molecule has 0 nitrogen and oxygen atoms in total. The van der Waals surface area contributed by atoms with Crippen molar-refractivity contribution in [3.8, 4) is 0 Å². The van der Waals surface area contributed by atoms with Gasteiger partial charge in [0, 0.05) is 0 Å². The van der Waals surface area contributed by atoms with Crippen molar-refractivity contribution in [3.63, 3.8) is 0 Å². The van der Waals surface area contributed by atoms with Crippen LogP contribution in [0.3, 0.4) is 0 Å². The Labute approximate surface area is 236 Å². The van der Waals surface area contributed by atoms with E-state index in [4.69, 9.17) is 0 Å². The Kier molecular flexibility index (Phi) is 44.6. The van der Waals surface area contributed by atoms with Crippen molar-refractivity contribution in [2.24, 2.45) is 23.2 Å². The molecule has 36 heavy (non-hydrogen) atoms. The quantitative estimate of drug-likeness (QED) is 0.301. The van der Waals surface area contributed by atoms with Crippen LogP contribution in [0.5, 0.6) is 0 Å². The predicted molar refractivity (Wildman–Crippen MR) is 177 cm³/mol. The fourth-order valence-electron chi connectivity index (χ4n) is 4.03. The highest BCUT2D eigenvalue weighted by Crippen LogP contribution is 2.23. The van der Waals surface area contributed by atoms with Gasteiger partial charge in [-0.3, -0.25) is 0 Å². The van der Waals surface area contributed by atoms with E-state index in [0.717, 1.165) is 17.8 Å². The van der Waals surface area contributed by atoms with Gasteiger partial charge in [0.25, 0.3) is 0 Å². The van der Waals surface area contributed by atoms with E-state index in [9.17, 15) is 0 Å². The van der Waals surface area contributed by atoms with Gasteiger partial charge in [0.1, 0.15) is 0 Å². The molecule has 4 saturated carbocycles. The van der Waals surface area contributed by atoms with Crippen LogP contribution in [0.2, 0.25) is 0 Å². The van der Waals surface area contributed by atoms with Crippen LogP contribution in [0.15, 0.2) is 0 Å². The Morgan fingerprint density at radius 1 is 0.472 bits per heavy atom. The summed E-state index contributed by atoms with van der Waals surface area (Å²) in [6.07, 6.45) is 28.1. The second-order valence-corrected chi connectivity index (χ2v) is 13.8. The molecule has 0 bridgehead atoms. The third-order valence-corrected chi connectivity index (χ3v) is 5.79. The second kappa shape index (κ2) is 35.0. The molecule has 4 rings (SSSR count). The Balaban J connectivity index is -0.000000104. The molecule has 4 fully saturated rings. The minimum atomic E-state index is 0. The van der Waals surface area contributed by atoms with Crippen molar-refractivity contribution in [2.75, 3.05) is 0 Å². The third-order valence-electron chi connectivity index (χ3n) is 5.79. The van der Waals surface area contributed by atoms with E-state index in [1.54, 1.807) is 0 Å². The van der Waals surface area contributed by atoms with Gasteiger partial charge in [-0.15, -0.1) is 0 Å². The highest BCUT2D eigenvalue weighted by molar-refractivity contribution is 4.61. The molecule has 0 saturated heterocycles. The van der Waals surface area contributed by atoms with Crippen LogP contribution in [0.1, 0.15) is 213 Å². The Morgan fingerprint density at radius 3 is 0.639 bits per heavy atom. The molecule has 4 aliphatic carbocycles. The fraction of sp³-hybridized carbons (Fsp3) is 1.00. The van der Waals surface area contributed by atoms with E-state index < -0.39 is 0 Å². The van der Waals surface area contributed by atoms with Crippen molar-refractivity contribution in [1.82, 2.24) is 0 Å². The minimum Gasteiger partial charge on any atom is -0.0776 e. The SMILES string of the molecule is C.C.C1CCCC1.C1CCCC1.CC(C)(C)C.CC(C)C.CC1CCCC1.CC1CCCC1.CCC. The fourth-order valence-corrected chi connectivity index (χ4v) is 4.03. The molecule has 0 spiro atoms. The van der Waals surface area contributed by atoms with Gasteiger partial charge in [-0.25, -0.2) is 0 Å². The molecule has 0 N–H and O–H groups in total. The maximum absolute atomic E-state index is 2.34. The van der Waals surface area contributed by atoms with Crippen molar-refractivity contribution in [2.45, 2.75) is 213 Å². The first-order chi connectivity index (χ1) is 15.9. The summed E-state index contributed by atoms with van der Waals surface area (Å²) in [6.45, 7) is 24.2. The highest BCUT2D eigenvalue weighted by atomic mass is 14.1. The molecule has 0 aromatic heterocycles. The summed E-state index contributed by atoms with van der Waals surface area (Å²) in [4.78, 5) is 0. The van der Waals surface area contributed by atoms with Crippen molar-refractivity contribution >= 4 is 0 Å². The van der Waals surface area contributed by atoms with Crippen LogP contribution in [0.4, 0.5) is 0 Å². The largest absolute Gasteiger partial charge is 0.0776 e. The molecule has 0 radical (unpaired) electrons. The maximum atomic E-state index is 2.34. The molecule has 0 atom stereocenters. The molecule has 0 unspecified atom stereocenters. The van der Waals surface area contributed by atoms with Crippen LogP contribution in [0.25, 0.3) is 0 Å². The molecule has 0 heteroatoms. The zero-order valence-corrected chi connectivity index (χ0v) is 26.7. The first-order valence-electron chi connectivity index (χ1n) is 15.9. The van der Waals surface area contributed by atoms with Crippen molar-refractivity contribution in [1.29, 1.82) is 0 Å². The molecule has 0 aromatic rings. The molecular formula is C36H82. The van der Waals surface area contributed by atoms with Crippen LogP contribution < -0.4 is 0 Å². The van der Waals surface area contributed by atoms with Gasteiger partial charge < -0.3 is 0 Å². The molecule has 0 aliphatic heterocycles. The lowest BCUT2D eigenvalue weighted by molar-refractivity contribution is 0.469. The van der Waals surface area contributed by atoms with Gasteiger partial charge in [-0.05, 0) is 23.2 Å². The van der Waals surface area contributed by atoms with Gasteiger partial charge >= 0.3 is 0 Å². The summed E-state index contributed by atoms with van der Waals surface area (Å²) in [6, 6.07) is 0. The standard InChI is InChI=1S/2C6H12.2C5H10.C5H12.C4H10.C3H8.2CH4/c2*1-6-4-2-3-5-6;2*1-2-4-5-3-1;1-5(2,3)4;1-4(2)3;1-3-2;;/h2*6H,2-5H2,1H3;2*1-5H2;1-4H3;4H,1-3H3;3H2,1-2H3;2*1H4. The van der Waals surface area contributed by atoms with E-state index in [1.165, 1.54) is 122 Å². The van der Waals surface area contributed by atoms with Gasteiger partial charge in [0.05, 0.1) is 0 Å². The Morgan fingerprint density at radius 2 is 0.583 bits per heavy atom. The van der Waals surface area contributed by atoms with E-state index in [-0.39, 0.29) is 14.9 Å². The number of rotatable bonds is 0.